The largest absolute Gasteiger partial charge is 0.394 e. The number of hydrogen-bond acceptors (Lipinski definition) is 13. The van der Waals surface area contributed by atoms with Crippen LogP contribution in [0.3, 0.4) is 0 Å². The summed E-state index contributed by atoms with van der Waals surface area (Å²) in [6.45, 7) is 2.45. The topological polar surface area (TPSA) is 243 Å². The average Bonchev–Trinajstić information content (AvgIpc) is 3.29. The molecule has 7 N–H and O–H groups in total. The normalized spacial score (nSPS) is 34.3. The molecule has 17 nitrogen and oxygen atoms in total. The lowest BCUT2D eigenvalue weighted by Gasteiger charge is -2.47. The molecule has 10 atom stereocenters. The third-order valence-electron chi connectivity index (χ3n) is 7.32. The van der Waals surface area contributed by atoms with Gasteiger partial charge in [0.05, 0.1) is 18.8 Å². The van der Waals surface area contributed by atoms with Gasteiger partial charge in [-0.15, -0.1) is 0 Å². The highest BCUT2D eigenvalue weighted by atomic mass is 16.7. The summed E-state index contributed by atoms with van der Waals surface area (Å²) in [6.07, 6.45) is -9.85. The Labute approximate surface area is 247 Å². The van der Waals surface area contributed by atoms with Crippen LogP contribution in [-0.4, -0.2) is 149 Å². The number of hydrogen-bond donors (Lipinski definition) is 7. The van der Waals surface area contributed by atoms with Crippen LogP contribution in [-0.2, 0) is 42.9 Å². The number of amides is 5. The fraction of sp³-hybridized carbons (Fsp3) is 0.731. The number of carbonyl (C=O) groups excluding carboxylic acids is 5. The van der Waals surface area contributed by atoms with Gasteiger partial charge in [-0.1, -0.05) is 0 Å². The Morgan fingerprint density at radius 3 is 2.23 bits per heavy atom. The maximum atomic E-state index is 13.0. The van der Waals surface area contributed by atoms with E-state index in [0.29, 0.717) is 6.42 Å². The molecule has 242 valence electrons. The summed E-state index contributed by atoms with van der Waals surface area (Å²) in [7, 11) is 1.21. The number of nitrogens with one attached hydrogen (secondary N) is 3. The molecule has 0 aliphatic carbocycles. The minimum atomic E-state index is -1.72. The number of carbonyl (C=O) groups is 5. The second kappa shape index (κ2) is 15.6. The number of methoxy groups -OCH3 is 1. The Morgan fingerprint density at radius 2 is 1.63 bits per heavy atom. The van der Waals surface area contributed by atoms with Gasteiger partial charge < -0.3 is 55.3 Å². The van der Waals surface area contributed by atoms with Gasteiger partial charge in [-0.25, -0.2) is 0 Å². The summed E-state index contributed by atoms with van der Waals surface area (Å²) in [5.74, 6) is -2.53. The van der Waals surface area contributed by atoms with E-state index in [-0.39, 0.29) is 26.1 Å². The molecule has 17 heteroatoms. The Bertz CT molecular complexity index is 1040. The van der Waals surface area contributed by atoms with Crippen molar-refractivity contribution in [3.8, 4) is 0 Å². The third kappa shape index (κ3) is 8.54. The zero-order valence-electron chi connectivity index (χ0n) is 24.1. The molecular weight excluding hydrogens is 576 g/mol. The van der Waals surface area contributed by atoms with Crippen LogP contribution in [0.1, 0.15) is 26.7 Å². The second-order valence-electron chi connectivity index (χ2n) is 10.4. The van der Waals surface area contributed by atoms with E-state index in [1.807, 2.05) is 0 Å². The first-order valence-electron chi connectivity index (χ1n) is 13.9. The van der Waals surface area contributed by atoms with Crippen molar-refractivity contribution in [2.75, 3.05) is 33.4 Å². The predicted octanol–water partition coefficient (Wildman–Crippen LogP) is -4.58. The highest BCUT2D eigenvalue weighted by Crippen LogP contribution is 2.30. The molecule has 2 fully saturated rings. The SMILES string of the molecule is CO[C@@H]1C(C(=O)NCCCNC(=O)CCN2C(=O)C=CC2=O)O[C@@H](O[C@@H]2C(NC(C)=O)[C@H](C)OC(CO)[C@H]2O)C(O)[C@H]1O. The maximum absolute atomic E-state index is 13.0. The second-order valence-corrected chi connectivity index (χ2v) is 10.4. The molecule has 3 aliphatic rings. The highest BCUT2D eigenvalue weighted by Gasteiger charge is 2.52. The first-order valence-corrected chi connectivity index (χ1v) is 13.9. The van der Waals surface area contributed by atoms with Crippen LogP contribution in [0.4, 0.5) is 0 Å². The van der Waals surface area contributed by atoms with Crippen LogP contribution in [0, 0.1) is 0 Å². The molecule has 0 aromatic heterocycles. The average molecular weight is 617 g/mol. The van der Waals surface area contributed by atoms with Gasteiger partial charge in [-0.05, 0) is 13.3 Å². The van der Waals surface area contributed by atoms with E-state index in [9.17, 15) is 44.4 Å². The van der Waals surface area contributed by atoms with Gasteiger partial charge in [0.1, 0.15) is 36.6 Å². The third-order valence-corrected chi connectivity index (χ3v) is 7.32. The monoisotopic (exact) mass is 616 g/mol. The molecule has 0 aromatic rings. The summed E-state index contributed by atoms with van der Waals surface area (Å²) in [5.41, 5.74) is 0. The van der Waals surface area contributed by atoms with Gasteiger partial charge in [0, 0.05) is 52.2 Å². The Kier molecular flexibility index (Phi) is 12.5. The van der Waals surface area contributed by atoms with Crippen molar-refractivity contribution in [3.05, 3.63) is 12.2 Å². The van der Waals surface area contributed by atoms with E-state index in [0.717, 1.165) is 17.1 Å². The van der Waals surface area contributed by atoms with Gasteiger partial charge in [-0.3, -0.25) is 28.9 Å². The molecule has 4 unspecified atom stereocenters. The first-order chi connectivity index (χ1) is 20.4. The van der Waals surface area contributed by atoms with E-state index in [1.165, 1.54) is 14.0 Å². The van der Waals surface area contributed by atoms with Crippen LogP contribution in [0.15, 0.2) is 12.2 Å². The van der Waals surface area contributed by atoms with Gasteiger partial charge in [0.25, 0.3) is 17.7 Å². The van der Waals surface area contributed by atoms with Gasteiger partial charge in [0.15, 0.2) is 12.4 Å². The summed E-state index contributed by atoms with van der Waals surface area (Å²) in [5, 5.41) is 49.6. The Morgan fingerprint density at radius 1 is 0.977 bits per heavy atom. The molecule has 0 spiro atoms. The lowest BCUT2D eigenvalue weighted by atomic mass is 9.92. The van der Waals surface area contributed by atoms with Crippen molar-refractivity contribution in [2.24, 2.45) is 0 Å². The van der Waals surface area contributed by atoms with E-state index < -0.39 is 97.3 Å². The standard InChI is InChI=1S/C26H40N4O13/c1-12-18(29-13(2)32)22(19(36)14(11-31)41-12)42-26-21(38)20(37)23(40-3)24(43-26)25(39)28-9-4-8-27-15(33)7-10-30-16(34)5-6-17(30)35/h5-6,12,14,18-24,26,31,36-38H,4,7-11H2,1-3H3,(H,27,33)(H,28,39)(H,29,32)/t12-,14?,18?,19+,20+,21?,22+,23-,24?,26+/m0/s1. The fourth-order valence-electron chi connectivity index (χ4n) is 5.04. The van der Waals surface area contributed by atoms with E-state index in [2.05, 4.69) is 16.0 Å². The lowest BCUT2D eigenvalue weighted by Crippen LogP contribution is -2.68. The number of nitrogens with zero attached hydrogens (tertiary/aromatic N) is 1. The smallest absolute Gasteiger partial charge is 0.253 e. The van der Waals surface area contributed by atoms with Crippen molar-refractivity contribution >= 4 is 29.5 Å². The molecule has 0 radical (unpaired) electrons. The Balaban J connectivity index is 1.54. The van der Waals surface area contributed by atoms with E-state index in [4.69, 9.17) is 18.9 Å². The van der Waals surface area contributed by atoms with Gasteiger partial charge in [0.2, 0.25) is 11.8 Å². The van der Waals surface area contributed by atoms with Crippen LogP contribution in [0.2, 0.25) is 0 Å². The molecule has 43 heavy (non-hydrogen) atoms. The van der Waals surface area contributed by atoms with Crippen LogP contribution >= 0.6 is 0 Å². The Hall–Kier alpha value is -3.03. The molecule has 0 bridgehead atoms. The number of rotatable bonds is 13. The summed E-state index contributed by atoms with van der Waals surface area (Å²) < 4.78 is 22.3. The molecule has 5 amide bonds. The predicted molar refractivity (Wildman–Crippen MR) is 142 cm³/mol. The summed E-state index contributed by atoms with van der Waals surface area (Å²) in [6, 6.07) is -0.932. The first kappa shape index (κ1) is 34.5. The zero-order valence-corrected chi connectivity index (χ0v) is 24.1. The van der Waals surface area contributed by atoms with E-state index >= 15 is 0 Å². The number of aliphatic hydroxyl groups excluding tert-OH is 4. The molecule has 3 rings (SSSR count). The molecule has 2 saturated heterocycles. The fourth-order valence-corrected chi connectivity index (χ4v) is 5.04. The van der Waals surface area contributed by atoms with Crippen LogP contribution < -0.4 is 16.0 Å². The maximum Gasteiger partial charge on any atom is 0.253 e. The van der Waals surface area contributed by atoms with Crippen LogP contribution in [0.25, 0.3) is 0 Å². The lowest BCUT2D eigenvalue weighted by molar-refractivity contribution is -0.325. The highest BCUT2D eigenvalue weighted by molar-refractivity contribution is 6.13. The van der Waals surface area contributed by atoms with Gasteiger partial charge >= 0.3 is 0 Å². The number of ether oxygens (including phenoxy) is 4. The summed E-state index contributed by atoms with van der Waals surface area (Å²) >= 11 is 0. The van der Waals surface area contributed by atoms with Crippen molar-refractivity contribution in [2.45, 2.75) is 87.9 Å². The zero-order chi connectivity index (χ0) is 31.8. The molecule has 0 aromatic carbocycles. The molecular formula is C26H40N4O13. The molecule has 3 aliphatic heterocycles. The molecule has 3 heterocycles. The van der Waals surface area contributed by atoms with Gasteiger partial charge in [-0.2, -0.15) is 0 Å². The minimum absolute atomic E-state index is 0.0574. The van der Waals surface area contributed by atoms with Crippen molar-refractivity contribution < 1.29 is 63.3 Å². The van der Waals surface area contributed by atoms with Crippen LogP contribution in [0.5, 0.6) is 0 Å². The summed E-state index contributed by atoms with van der Waals surface area (Å²) in [4.78, 5) is 60.9. The van der Waals surface area contributed by atoms with E-state index in [1.54, 1.807) is 6.92 Å². The molecule has 0 saturated carbocycles. The van der Waals surface area contributed by atoms with Crippen molar-refractivity contribution in [3.63, 3.8) is 0 Å². The minimum Gasteiger partial charge on any atom is -0.394 e. The quantitative estimate of drug-likeness (QED) is 0.0762. The van der Waals surface area contributed by atoms with Crippen molar-refractivity contribution in [1.82, 2.24) is 20.9 Å². The van der Waals surface area contributed by atoms with Crippen molar-refractivity contribution in [1.29, 1.82) is 0 Å². The number of aliphatic hydroxyl groups is 4. The number of imide groups is 1.